The summed E-state index contributed by atoms with van der Waals surface area (Å²) in [6.45, 7) is 2.53. The number of rotatable bonds is 7. The zero-order chi connectivity index (χ0) is 23.0. The Kier molecular flexibility index (Phi) is 5.88. The van der Waals surface area contributed by atoms with Crippen LogP contribution in [-0.4, -0.2) is 41.9 Å². The molecule has 1 aromatic heterocycles. The van der Waals surface area contributed by atoms with Gasteiger partial charge in [0.25, 0.3) is 5.91 Å². The molecule has 0 aliphatic carbocycles. The first-order valence-corrected chi connectivity index (χ1v) is 10.7. The van der Waals surface area contributed by atoms with Gasteiger partial charge in [0.1, 0.15) is 17.0 Å². The van der Waals surface area contributed by atoms with Gasteiger partial charge >= 0.3 is 5.97 Å². The Morgan fingerprint density at radius 1 is 1.25 bits per heavy atom. The maximum absolute atomic E-state index is 13.3. The van der Waals surface area contributed by atoms with E-state index < -0.39 is 17.4 Å². The topological polar surface area (TPSA) is 89.8 Å². The van der Waals surface area contributed by atoms with Gasteiger partial charge in [0, 0.05) is 12.4 Å². The molecule has 4 rings (SSSR count). The number of nitrogens with one attached hydrogen (secondary N) is 1. The summed E-state index contributed by atoms with van der Waals surface area (Å²) in [5.41, 5.74) is 2.24. The van der Waals surface area contributed by atoms with Gasteiger partial charge in [-0.3, -0.25) is 9.59 Å². The Morgan fingerprint density at radius 3 is 2.47 bits per heavy atom. The number of aliphatic carboxylic acids is 1. The van der Waals surface area contributed by atoms with Crippen molar-refractivity contribution in [2.24, 2.45) is 7.05 Å². The summed E-state index contributed by atoms with van der Waals surface area (Å²) in [6.07, 6.45) is 0.508. The summed E-state index contributed by atoms with van der Waals surface area (Å²) < 4.78 is 12.5. The van der Waals surface area contributed by atoms with Crippen molar-refractivity contribution in [2.75, 3.05) is 20.3 Å². The van der Waals surface area contributed by atoms with Crippen molar-refractivity contribution in [3.8, 4) is 5.75 Å². The van der Waals surface area contributed by atoms with Crippen LogP contribution in [0.4, 0.5) is 0 Å². The van der Waals surface area contributed by atoms with E-state index in [2.05, 4.69) is 5.32 Å². The number of hydrogen-bond donors (Lipinski definition) is 2. The second kappa shape index (κ2) is 8.48. The summed E-state index contributed by atoms with van der Waals surface area (Å²) in [7, 11) is 3.37. The van der Waals surface area contributed by atoms with Crippen molar-refractivity contribution in [2.45, 2.75) is 24.8 Å². The lowest BCUT2D eigenvalue weighted by Gasteiger charge is -2.42. The zero-order valence-corrected chi connectivity index (χ0v) is 18.9. The molecule has 7 nitrogen and oxygen atoms in total. The largest absolute Gasteiger partial charge is 0.495 e. The Labute approximate surface area is 190 Å². The number of fused-ring (bicyclic) bond motifs is 1. The first kappa shape index (κ1) is 22.2. The fourth-order valence-electron chi connectivity index (χ4n) is 4.22. The highest BCUT2D eigenvalue weighted by molar-refractivity contribution is 6.37. The van der Waals surface area contributed by atoms with Gasteiger partial charge in [0.2, 0.25) is 0 Å². The quantitative estimate of drug-likeness (QED) is 0.559. The van der Waals surface area contributed by atoms with Crippen molar-refractivity contribution in [3.63, 3.8) is 0 Å². The molecule has 2 aromatic carbocycles. The lowest BCUT2D eigenvalue weighted by molar-refractivity contribution is -0.138. The summed E-state index contributed by atoms with van der Waals surface area (Å²) in [5, 5.41) is 13.7. The molecule has 0 spiro atoms. The predicted octanol–water partition coefficient (Wildman–Crippen LogP) is 4.07. The second-order valence-corrected chi connectivity index (χ2v) is 8.43. The molecule has 2 heterocycles. The number of carboxylic acid groups (broad SMARTS) is 1. The molecule has 0 radical (unpaired) electrons. The molecule has 1 fully saturated rings. The highest BCUT2D eigenvalue weighted by Crippen LogP contribution is 2.35. The smallest absolute Gasteiger partial charge is 0.310 e. The van der Waals surface area contributed by atoms with Crippen molar-refractivity contribution < 1.29 is 24.2 Å². The number of ether oxygens (including phenoxy) is 2. The molecular formula is C24H25ClN2O5. The average Bonchev–Trinajstić information content (AvgIpc) is 3.09. The molecule has 168 valence electrons. The van der Waals surface area contributed by atoms with E-state index in [0.717, 1.165) is 22.0 Å². The standard InChI is InChI=1S/C24H25ClN2O5/c1-4-16(23(29)30)14-5-7-15(8-6-14)24(12-32-13-24)26-22(28)19-11-17-18(27(19)2)9-10-20(31-3)21(17)25/h5-11,16H,4,12-13H2,1-3H3,(H,26,28)(H,29,30). The Bertz CT molecular complexity index is 1180. The van der Waals surface area contributed by atoms with Crippen LogP contribution in [0.15, 0.2) is 42.5 Å². The molecule has 1 atom stereocenters. The van der Waals surface area contributed by atoms with Gasteiger partial charge in [-0.05, 0) is 35.7 Å². The molecule has 0 bridgehead atoms. The van der Waals surface area contributed by atoms with Gasteiger partial charge in [0.15, 0.2) is 0 Å². The fraction of sp³-hybridized carbons (Fsp3) is 0.333. The molecule has 1 amide bonds. The van der Waals surface area contributed by atoms with E-state index in [0.29, 0.717) is 36.1 Å². The Balaban J connectivity index is 1.63. The van der Waals surface area contributed by atoms with Crippen LogP contribution in [-0.2, 0) is 22.1 Å². The monoisotopic (exact) mass is 456 g/mol. The maximum atomic E-state index is 13.3. The normalized spacial score (nSPS) is 15.8. The van der Waals surface area contributed by atoms with E-state index in [1.165, 1.54) is 0 Å². The van der Waals surface area contributed by atoms with Crippen molar-refractivity contribution in [1.82, 2.24) is 9.88 Å². The van der Waals surface area contributed by atoms with E-state index >= 15 is 0 Å². The number of halogens is 1. The lowest BCUT2D eigenvalue weighted by Crippen LogP contribution is -2.59. The SMILES string of the molecule is CCC(C(=O)O)c1ccc(C2(NC(=O)c3cc4c(Cl)c(OC)ccc4n3C)COC2)cc1. The van der Waals surface area contributed by atoms with Gasteiger partial charge in [-0.1, -0.05) is 42.8 Å². The number of aryl methyl sites for hydroxylation is 1. The van der Waals surface area contributed by atoms with E-state index in [1.54, 1.807) is 23.8 Å². The molecule has 2 N–H and O–H groups in total. The molecule has 1 aliphatic heterocycles. The average molecular weight is 457 g/mol. The molecule has 1 saturated heterocycles. The van der Waals surface area contributed by atoms with Crippen LogP contribution < -0.4 is 10.1 Å². The predicted molar refractivity (Wildman–Crippen MR) is 122 cm³/mol. The van der Waals surface area contributed by atoms with Crippen LogP contribution in [0.3, 0.4) is 0 Å². The van der Waals surface area contributed by atoms with Gasteiger partial charge in [-0.25, -0.2) is 0 Å². The minimum absolute atomic E-state index is 0.247. The third-order valence-electron chi connectivity index (χ3n) is 6.20. The van der Waals surface area contributed by atoms with Crippen molar-refractivity contribution in [1.29, 1.82) is 0 Å². The zero-order valence-electron chi connectivity index (χ0n) is 18.1. The Hall–Kier alpha value is -3.03. The molecule has 3 aromatic rings. The Morgan fingerprint density at radius 2 is 1.94 bits per heavy atom. The maximum Gasteiger partial charge on any atom is 0.310 e. The van der Waals surface area contributed by atoms with Gasteiger partial charge in [0.05, 0.1) is 36.8 Å². The molecule has 8 heteroatoms. The van der Waals surface area contributed by atoms with Crippen LogP contribution in [0.1, 0.15) is 40.9 Å². The van der Waals surface area contributed by atoms with Crippen LogP contribution >= 0.6 is 11.6 Å². The lowest BCUT2D eigenvalue weighted by atomic mass is 9.85. The van der Waals surface area contributed by atoms with E-state index in [-0.39, 0.29) is 5.91 Å². The fourth-order valence-corrected chi connectivity index (χ4v) is 4.51. The van der Waals surface area contributed by atoms with Crippen LogP contribution in [0.5, 0.6) is 5.75 Å². The van der Waals surface area contributed by atoms with Crippen LogP contribution in [0.25, 0.3) is 10.9 Å². The first-order chi connectivity index (χ1) is 15.3. The third-order valence-corrected chi connectivity index (χ3v) is 6.59. The number of carbonyl (C=O) groups excluding carboxylic acids is 1. The number of carbonyl (C=O) groups is 2. The molecular weight excluding hydrogens is 432 g/mol. The van der Waals surface area contributed by atoms with Crippen molar-refractivity contribution >= 4 is 34.4 Å². The summed E-state index contributed by atoms with van der Waals surface area (Å²) in [6, 6.07) is 12.8. The van der Waals surface area contributed by atoms with Gasteiger partial charge in [-0.2, -0.15) is 0 Å². The number of benzene rings is 2. The number of aromatic nitrogens is 1. The molecule has 1 unspecified atom stereocenters. The number of amides is 1. The van der Waals surface area contributed by atoms with Crippen LogP contribution in [0.2, 0.25) is 5.02 Å². The second-order valence-electron chi connectivity index (χ2n) is 8.05. The first-order valence-electron chi connectivity index (χ1n) is 10.4. The molecule has 0 saturated carbocycles. The van der Waals surface area contributed by atoms with E-state index in [1.807, 2.05) is 44.3 Å². The van der Waals surface area contributed by atoms with E-state index in [9.17, 15) is 14.7 Å². The van der Waals surface area contributed by atoms with Crippen LogP contribution in [0, 0.1) is 0 Å². The number of nitrogens with zero attached hydrogens (tertiary/aromatic N) is 1. The van der Waals surface area contributed by atoms with Gasteiger partial charge in [-0.15, -0.1) is 0 Å². The minimum atomic E-state index is -0.846. The molecule has 32 heavy (non-hydrogen) atoms. The summed E-state index contributed by atoms with van der Waals surface area (Å²) >= 11 is 6.44. The van der Waals surface area contributed by atoms with E-state index in [4.69, 9.17) is 21.1 Å². The highest BCUT2D eigenvalue weighted by atomic mass is 35.5. The number of hydrogen-bond acceptors (Lipinski definition) is 4. The summed E-state index contributed by atoms with van der Waals surface area (Å²) in [4.78, 5) is 24.7. The van der Waals surface area contributed by atoms with Crippen molar-refractivity contribution in [3.05, 3.63) is 64.3 Å². The number of methoxy groups -OCH3 is 1. The highest BCUT2D eigenvalue weighted by Gasteiger charge is 2.42. The third kappa shape index (κ3) is 3.61. The van der Waals surface area contributed by atoms with Gasteiger partial charge < -0.3 is 24.5 Å². The summed E-state index contributed by atoms with van der Waals surface area (Å²) in [5.74, 6) is -1.10. The minimum Gasteiger partial charge on any atom is -0.495 e. The number of carboxylic acids is 1. The molecule has 1 aliphatic rings.